The fraction of sp³-hybridized carbons (Fsp3) is 0.600. The van der Waals surface area contributed by atoms with Crippen molar-refractivity contribution in [3.05, 3.63) is 29.8 Å². The van der Waals surface area contributed by atoms with Crippen molar-refractivity contribution in [2.45, 2.75) is 12.5 Å². The topological polar surface area (TPSA) is 62.9 Å². The maximum absolute atomic E-state index is 5.75. The Labute approximate surface area is 121 Å². The molecule has 5 heteroatoms. The molecular weight excluding hydrogens is 258 g/mol. The summed E-state index contributed by atoms with van der Waals surface area (Å²) in [5.74, 6) is 0.806. The third-order valence-corrected chi connectivity index (χ3v) is 2.86. The highest BCUT2D eigenvalue weighted by molar-refractivity contribution is 5.30. The van der Waals surface area contributed by atoms with Gasteiger partial charge in [-0.3, -0.25) is 0 Å². The molecule has 0 aliphatic rings. The summed E-state index contributed by atoms with van der Waals surface area (Å²) >= 11 is 0. The van der Waals surface area contributed by atoms with Crippen molar-refractivity contribution in [3.8, 4) is 5.75 Å². The number of methoxy groups -OCH3 is 2. The SMILES string of the molecule is COCCCOCCOC(CN)c1cccc(OC)c1. The van der Waals surface area contributed by atoms with Crippen molar-refractivity contribution >= 4 is 0 Å². The lowest BCUT2D eigenvalue weighted by Crippen LogP contribution is -2.18. The Hall–Kier alpha value is -1.14. The van der Waals surface area contributed by atoms with Gasteiger partial charge in [0.15, 0.2) is 0 Å². The van der Waals surface area contributed by atoms with Crippen LogP contribution in [0.15, 0.2) is 24.3 Å². The smallest absolute Gasteiger partial charge is 0.119 e. The molecule has 0 saturated heterocycles. The van der Waals surface area contributed by atoms with Crippen molar-refractivity contribution in [1.29, 1.82) is 0 Å². The monoisotopic (exact) mass is 283 g/mol. The summed E-state index contributed by atoms with van der Waals surface area (Å²) in [4.78, 5) is 0. The summed E-state index contributed by atoms with van der Waals surface area (Å²) < 4.78 is 21.3. The van der Waals surface area contributed by atoms with Crippen LogP contribution in [0, 0.1) is 0 Å². The predicted molar refractivity (Wildman–Crippen MR) is 78.1 cm³/mol. The lowest BCUT2D eigenvalue weighted by Gasteiger charge is -2.17. The maximum Gasteiger partial charge on any atom is 0.119 e. The van der Waals surface area contributed by atoms with Gasteiger partial charge in [-0.2, -0.15) is 0 Å². The number of benzene rings is 1. The molecule has 0 heterocycles. The lowest BCUT2D eigenvalue weighted by molar-refractivity contribution is 0.00383. The number of hydrogen-bond donors (Lipinski definition) is 1. The highest BCUT2D eigenvalue weighted by Gasteiger charge is 2.10. The van der Waals surface area contributed by atoms with Crippen LogP contribution in [0.1, 0.15) is 18.1 Å². The first-order valence-corrected chi connectivity index (χ1v) is 6.84. The standard InChI is InChI=1S/C15H25NO4/c1-17-7-4-8-19-9-10-20-15(12-16)13-5-3-6-14(11-13)18-2/h3,5-6,11,15H,4,7-10,12,16H2,1-2H3. The molecule has 20 heavy (non-hydrogen) atoms. The Morgan fingerprint density at radius 3 is 2.65 bits per heavy atom. The quantitative estimate of drug-likeness (QED) is 0.627. The largest absolute Gasteiger partial charge is 0.497 e. The van der Waals surface area contributed by atoms with E-state index < -0.39 is 0 Å². The highest BCUT2D eigenvalue weighted by atomic mass is 16.5. The van der Waals surface area contributed by atoms with Gasteiger partial charge in [-0.15, -0.1) is 0 Å². The van der Waals surface area contributed by atoms with Gasteiger partial charge in [0.1, 0.15) is 5.75 Å². The van der Waals surface area contributed by atoms with E-state index in [0.29, 0.717) is 26.4 Å². The van der Waals surface area contributed by atoms with Gasteiger partial charge in [0, 0.05) is 26.9 Å². The first kappa shape index (κ1) is 16.9. The average Bonchev–Trinajstić information content (AvgIpc) is 2.50. The zero-order chi connectivity index (χ0) is 14.6. The van der Waals surface area contributed by atoms with Gasteiger partial charge in [-0.1, -0.05) is 12.1 Å². The Balaban J connectivity index is 2.28. The van der Waals surface area contributed by atoms with Crippen LogP contribution >= 0.6 is 0 Å². The summed E-state index contributed by atoms with van der Waals surface area (Å²) in [6.45, 7) is 2.91. The van der Waals surface area contributed by atoms with Gasteiger partial charge in [-0.25, -0.2) is 0 Å². The van der Waals surface area contributed by atoms with Gasteiger partial charge in [0.05, 0.1) is 26.4 Å². The van der Waals surface area contributed by atoms with E-state index in [9.17, 15) is 0 Å². The minimum Gasteiger partial charge on any atom is -0.497 e. The fourth-order valence-electron chi connectivity index (χ4n) is 1.80. The van der Waals surface area contributed by atoms with E-state index in [1.54, 1.807) is 14.2 Å². The van der Waals surface area contributed by atoms with Gasteiger partial charge in [0.25, 0.3) is 0 Å². The van der Waals surface area contributed by atoms with Crippen molar-refractivity contribution in [2.24, 2.45) is 5.73 Å². The third kappa shape index (κ3) is 6.34. The predicted octanol–water partition coefficient (Wildman–Crippen LogP) is 1.76. The Kier molecular flexibility index (Phi) is 8.98. The van der Waals surface area contributed by atoms with Crippen molar-refractivity contribution in [3.63, 3.8) is 0 Å². The summed E-state index contributed by atoms with van der Waals surface area (Å²) in [5, 5.41) is 0. The number of hydrogen-bond acceptors (Lipinski definition) is 5. The molecule has 2 N–H and O–H groups in total. The molecular formula is C15H25NO4. The summed E-state index contributed by atoms with van der Waals surface area (Å²) in [6.07, 6.45) is 0.764. The molecule has 1 unspecified atom stereocenters. The Morgan fingerprint density at radius 1 is 1.10 bits per heavy atom. The molecule has 0 aliphatic carbocycles. The number of ether oxygens (including phenoxy) is 4. The number of rotatable bonds is 11. The average molecular weight is 283 g/mol. The van der Waals surface area contributed by atoms with Crippen molar-refractivity contribution in [2.75, 3.05) is 47.2 Å². The van der Waals surface area contributed by atoms with Crippen LogP contribution in [0.4, 0.5) is 0 Å². The molecule has 0 amide bonds. The first-order valence-electron chi connectivity index (χ1n) is 6.84. The van der Waals surface area contributed by atoms with Crippen LogP contribution in [0.5, 0.6) is 5.75 Å². The Bertz CT molecular complexity index is 359. The van der Waals surface area contributed by atoms with Crippen LogP contribution < -0.4 is 10.5 Å². The second-order valence-electron chi connectivity index (χ2n) is 4.33. The molecule has 1 aromatic rings. The molecule has 0 saturated carbocycles. The van der Waals surface area contributed by atoms with Crippen LogP contribution in [0.2, 0.25) is 0 Å². The summed E-state index contributed by atoms with van der Waals surface area (Å²) in [7, 11) is 3.33. The van der Waals surface area contributed by atoms with E-state index in [2.05, 4.69) is 0 Å². The van der Waals surface area contributed by atoms with Gasteiger partial charge < -0.3 is 24.7 Å². The molecule has 1 aromatic carbocycles. The Morgan fingerprint density at radius 2 is 1.95 bits per heavy atom. The van der Waals surface area contributed by atoms with E-state index in [4.69, 9.17) is 24.7 Å². The van der Waals surface area contributed by atoms with Crippen LogP contribution in [0.25, 0.3) is 0 Å². The van der Waals surface area contributed by atoms with E-state index >= 15 is 0 Å². The molecule has 0 fully saturated rings. The molecule has 0 radical (unpaired) electrons. The van der Waals surface area contributed by atoms with Crippen LogP contribution in [-0.2, 0) is 14.2 Å². The van der Waals surface area contributed by atoms with Gasteiger partial charge >= 0.3 is 0 Å². The third-order valence-electron chi connectivity index (χ3n) is 2.86. The highest BCUT2D eigenvalue weighted by Crippen LogP contribution is 2.21. The minimum atomic E-state index is -0.132. The fourth-order valence-corrected chi connectivity index (χ4v) is 1.80. The number of nitrogens with two attached hydrogens (primary N) is 1. The van der Waals surface area contributed by atoms with Crippen molar-refractivity contribution < 1.29 is 18.9 Å². The minimum absolute atomic E-state index is 0.132. The van der Waals surface area contributed by atoms with E-state index in [1.807, 2.05) is 24.3 Å². The van der Waals surface area contributed by atoms with Gasteiger partial charge in [-0.05, 0) is 24.1 Å². The van der Waals surface area contributed by atoms with Gasteiger partial charge in [0.2, 0.25) is 0 Å². The zero-order valence-corrected chi connectivity index (χ0v) is 12.3. The molecule has 0 bridgehead atoms. The molecule has 1 atom stereocenters. The molecule has 0 aliphatic heterocycles. The molecule has 0 spiro atoms. The van der Waals surface area contributed by atoms with E-state index in [-0.39, 0.29) is 6.10 Å². The molecule has 114 valence electrons. The second kappa shape index (κ2) is 10.6. The maximum atomic E-state index is 5.75. The molecule has 0 aromatic heterocycles. The molecule has 1 rings (SSSR count). The van der Waals surface area contributed by atoms with Crippen LogP contribution in [-0.4, -0.2) is 47.2 Å². The summed E-state index contributed by atoms with van der Waals surface area (Å²) in [5.41, 5.74) is 6.77. The second-order valence-corrected chi connectivity index (χ2v) is 4.33. The van der Waals surface area contributed by atoms with E-state index in [0.717, 1.165) is 24.3 Å². The normalized spacial score (nSPS) is 12.3. The van der Waals surface area contributed by atoms with Crippen LogP contribution in [0.3, 0.4) is 0 Å². The van der Waals surface area contributed by atoms with Crippen molar-refractivity contribution in [1.82, 2.24) is 0 Å². The van der Waals surface area contributed by atoms with E-state index in [1.165, 1.54) is 0 Å². The molecule has 5 nitrogen and oxygen atoms in total. The zero-order valence-electron chi connectivity index (χ0n) is 12.3. The lowest BCUT2D eigenvalue weighted by atomic mass is 10.1. The summed E-state index contributed by atoms with van der Waals surface area (Å²) in [6, 6.07) is 7.76. The first-order chi connectivity index (χ1) is 9.81.